The molecule has 0 bridgehead atoms. The van der Waals surface area contributed by atoms with Gasteiger partial charge in [0.15, 0.2) is 19.8 Å². The molecule has 1 aliphatic rings. The predicted molar refractivity (Wildman–Crippen MR) is 109 cm³/mol. The first-order valence-electron chi connectivity index (χ1n) is 9.24. The Balaban J connectivity index is 2.23. The van der Waals surface area contributed by atoms with E-state index >= 15 is 0 Å². The van der Waals surface area contributed by atoms with E-state index in [0.717, 1.165) is 17.1 Å². The second kappa shape index (κ2) is 8.15. The Hall–Kier alpha value is -1.30. The molecule has 26 heavy (non-hydrogen) atoms. The van der Waals surface area contributed by atoms with Gasteiger partial charge in [-0.2, -0.15) is 0 Å². The maximum atomic E-state index is 6.52. The molecule has 2 rings (SSSR count). The molecule has 0 radical (unpaired) electrons. The highest BCUT2D eigenvalue weighted by Crippen LogP contribution is 2.43. The first-order chi connectivity index (χ1) is 12.1. The van der Waals surface area contributed by atoms with Gasteiger partial charge in [0.25, 0.3) is 0 Å². The van der Waals surface area contributed by atoms with Crippen molar-refractivity contribution in [1.82, 2.24) is 0 Å². The van der Waals surface area contributed by atoms with Crippen molar-refractivity contribution in [2.75, 3.05) is 27.4 Å². The molecule has 3 atom stereocenters. The predicted octanol–water partition coefficient (Wildman–Crippen LogP) is 5.22. The van der Waals surface area contributed by atoms with Crippen molar-refractivity contribution < 1.29 is 18.6 Å². The molecule has 1 aromatic rings. The molecule has 1 saturated heterocycles. The number of hydrogen-bond acceptors (Lipinski definition) is 4. The molecule has 1 fully saturated rings. The lowest BCUT2D eigenvalue weighted by molar-refractivity contribution is 0.0735. The van der Waals surface area contributed by atoms with Gasteiger partial charge in [-0.05, 0) is 35.8 Å². The molecule has 0 saturated carbocycles. The van der Waals surface area contributed by atoms with Crippen LogP contribution >= 0.6 is 0 Å². The van der Waals surface area contributed by atoms with Gasteiger partial charge < -0.3 is 18.6 Å². The molecular weight excluding hydrogens is 344 g/mol. The lowest BCUT2D eigenvalue weighted by Crippen LogP contribution is -2.42. The number of benzene rings is 1. The molecule has 0 N–H and O–H groups in total. The zero-order valence-corrected chi connectivity index (χ0v) is 18.3. The van der Waals surface area contributed by atoms with Gasteiger partial charge in [-0.15, -0.1) is 6.58 Å². The Labute approximate surface area is 159 Å². The number of ether oxygens (including phenoxy) is 3. The van der Waals surface area contributed by atoms with E-state index in [2.05, 4.69) is 46.5 Å². The Morgan fingerprint density at radius 3 is 2.38 bits per heavy atom. The summed E-state index contributed by atoms with van der Waals surface area (Å²) in [5.74, 6) is 1.99. The highest BCUT2D eigenvalue weighted by atomic mass is 28.4. The standard InChI is InChI=1S/C21H34O4Si/c1-9-15-13-24-20(16-10-11-18(22-5)19(12-16)23-6)17(15)14-25-26(7,8)21(2,3)4/h9-12,15,17,20H,1,13-14H2,2-8H3/t15?,17-,20+/m0/s1. The van der Waals surface area contributed by atoms with Gasteiger partial charge in [0.2, 0.25) is 0 Å². The van der Waals surface area contributed by atoms with Crippen molar-refractivity contribution in [3.8, 4) is 11.5 Å². The van der Waals surface area contributed by atoms with Gasteiger partial charge in [-0.25, -0.2) is 0 Å². The van der Waals surface area contributed by atoms with Crippen molar-refractivity contribution in [3.63, 3.8) is 0 Å². The number of rotatable bonds is 7. The third kappa shape index (κ3) is 4.33. The highest BCUT2D eigenvalue weighted by molar-refractivity contribution is 6.74. The first kappa shape index (κ1) is 21.0. The largest absolute Gasteiger partial charge is 0.493 e. The van der Waals surface area contributed by atoms with Crippen molar-refractivity contribution >= 4 is 8.32 Å². The van der Waals surface area contributed by atoms with Crippen molar-refractivity contribution in [2.45, 2.75) is 45.0 Å². The molecule has 146 valence electrons. The molecule has 1 heterocycles. The third-order valence-corrected chi connectivity index (χ3v) is 10.4. The van der Waals surface area contributed by atoms with Gasteiger partial charge >= 0.3 is 0 Å². The molecular formula is C21H34O4Si. The Morgan fingerprint density at radius 1 is 1.19 bits per heavy atom. The van der Waals surface area contributed by atoms with E-state index in [4.69, 9.17) is 18.6 Å². The molecule has 0 spiro atoms. The summed E-state index contributed by atoms with van der Waals surface area (Å²) in [6, 6.07) is 6.00. The van der Waals surface area contributed by atoms with E-state index in [0.29, 0.717) is 13.2 Å². The van der Waals surface area contributed by atoms with Gasteiger partial charge in [-0.1, -0.05) is 32.9 Å². The van der Waals surface area contributed by atoms with Crippen LogP contribution in [0.15, 0.2) is 30.9 Å². The first-order valence-corrected chi connectivity index (χ1v) is 12.2. The van der Waals surface area contributed by atoms with E-state index < -0.39 is 8.32 Å². The fraction of sp³-hybridized carbons (Fsp3) is 0.619. The van der Waals surface area contributed by atoms with Crippen LogP contribution in [0.4, 0.5) is 0 Å². The summed E-state index contributed by atoms with van der Waals surface area (Å²) in [5.41, 5.74) is 1.09. The van der Waals surface area contributed by atoms with Crippen LogP contribution in [0, 0.1) is 11.8 Å². The van der Waals surface area contributed by atoms with Crippen LogP contribution in [0.1, 0.15) is 32.4 Å². The minimum absolute atomic E-state index is 0.0254. The molecule has 5 heteroatoms. The van der Waals surface area contributed by atoms with Gasteiger partial charge in [0.1, 0.15) is 0 Å². The quantitative estimate of drug-likeness (QED) is 0.482. The molecule has 1 unspecified atom stereocenters. The minimum atomic E-state index is -1.81. The van der Waals surface area contributed by atoms with E-state index in [9.17, 15) is 0 Å². The molecule has 0 amide bonds. The maximum Gasteiger partial charge on any atom is 0.191 e. The van der Waals surface area contributed by atoms with Gasteiger partial charge in [0.05, 0.1) is 26.9 Å². The second-order valence-corrected chi connectivity index (χ2v) is 13.3. The van der Waals surface area contributed by atoms with Crippen LogP contribution in [0.25, 0.3) is 0 Å². The zero-order chi connectivity index (χ0) is 19.5. The van der Waals surface area contributed by atoms with E-state index in [1.807, 2.05) is 18.2 Å². The van der Waals surface area contributed by atoms with Gasteiger partial charge in [-0.3, -0.25) is 0 Å². The number of hydrogen-bond donors (Lipinski definition) is 0. The summed E-state index contributed by atoms with van der Waals surface area (Å²) in [4.78, 5) is 0. The molecule has 4 nitrogen and oxygen atoms in total. The maximum absolute atomic E-state index is 6.52. The number of methoxy groups -OCH3 is 2. The summed E-state index contributed by atoms with van der Waals surface area (Å²) >= 11 is 0. The smallest absolute Gasteiger partial charge is 0.191 e. The molecule has 0 aromatic heterocycles. The van der Waals surface area contributed by atoms with E-state index in [1.54, 1.807) is 14.2 Å². The topological polar surface area (TPSA) is 36.9 Å². The van der Waals surface area contributed by atoms with Crippen molar-refractivity contribution in [1.29, 1.82) is 0 Å². The lowest BCUT2D eigenvalue weighted by Gasteiger charge is -2.38. The summed E-state index contributed by atoms with van der Waals surface area (Å²) in [7, 11) is 1.49. The Morgan fingerprint density at radius 2 is 1.85 bits per heavy atom. The summed E-state index contributed by atoms with van der Waals surface area (Å²) < 4.78 is 23.5. The minimum Gasteiger partial charge on any atom is -0.493 e. The van der Waals surface area contributed by atoms with Crippen LogP contribution < -0.4 is 9.47 Å². The van der Waals surface area contributed by atoms with E-state index in [-0.39, 0.29) is 23.0 Å². The molecule has 1 aromatic carbocycles. The second-order valence-electron chi connectivity index (χ2n) is 8.50. The van der Waals surface area contributed by atoms with Crippen LogP contribution in [-0.4, -0.2) is 35.8 Å². The van der Waals surface area contributed by atoms with Crippen LogP contribution in [0.5, 0.6) is 11.5 Å². The van der Waals surface area contributed by atoms with Crippen molar-refractivity contribution in [3.05, 3.63) is 36.4 Å². The van der Waals surface area contributed by atoms with Crippen LogP contribution in [0.3, 0.4) is 0 Å². The lowest BCUT2D eigenvalue weighted by atomic mass is 9.88. The van der Waals surface area contributed by atoms with E-state index in [1.165, 1.54) is 0 Å². The van der Waals surface area contributed by atoms with Gasteiger partial charge in [0, 0.05) is 18.4 Å². The average molecular weight is 379 g/mol. The SMILES string of the molecule is C=CC1CO[C@H](c2ccc(OC)c(OC)c2)[C@H]1CO[Si](C)(C)C(C)(C)C. The third-order valence-electron chi connectivity index (χ3n) is 5.89. The summed E-state index contributed by atoms with van der Waals surface area (Å²) in [6.07, 6.45) is 1.98. The average Bonchev–Trinajstić information content (AvgIpc) is 3.01. The Kier molecular flexibility index (Phi) is 6.59. The monoisotopic (exact) mass is 378 g/mol. The normalized spacial score (nSPS) is 23.7. The van der Waals surface area contributed by atoms with Crippen LogP contribution in [0.2, 0.25) is 18.1 Å². The summed E-state index contributed by atoms with van der Waals surface area (Å²) in [5, 5.41) is 0.189. The highest BCUT2D eigenvalue weighted by Gasteiger charge is 2.42. The fourth-order valence-electron chi connectivity index (χ4n) is 3.03. The fourth-order valence-corrected chi connectivity index (χ4v) is 4.08. The van der Waals surface area contributed by atoms with Crippen molar-refractivity contribution in [2.24, 2.45) is 11.8 Å². The van der Waals surface area contributed by atoms with Crippen LogP contribution in [-0.2, 0) is 9.16 Å². The Bertz CT molecular complexity index is 621. The summed E-state index contributed by atoms with van der Waals surface area (Å²) in [6.45, 7) is 16.7. The molecule has 1 aliphatic heterocycles. The zero-order valence-electron chi connectivity index (χ0n) is 17.3. The molecule has 0 aliphatic carbocycles.